The number of oxazole rings is 1. The summed E-state index contributed by atoms with van der Waals surface area (Å²) in [6.45, 7) is 4.47. The molecule has 0 N–H and O–H groups in total. The van der Waals surface area contributed by atoms with Gasteiger partial charge in [0.05, 0.1) is 6.20 Å². The number of alkyl halides is 1. The predicted octanol–water partition coefficient (Wildman–Crippen LogP) is 3.97. The SMILES string of the molecule is CCC(CC)(CBr)CSc1ncco1. The first-order chi connectivity index (χ1) is 6.76. The second-order valence-corrected chi connectivity index (χ2v) is 4.91. The van der Waals surface area contributed by atoms with Crippen molar-refractivity contribution < 1.29 is 4.42 Å². The van der Waals surface area contributed by atoms with Gasteiger partial charge in [-0.3, -0.25) is 0 Å². The highest BCUT2D eigenvalue weighted by Gasteiger charge is 2.25. The van der Waals surface area contributed by atoms with Crippen molar-refractivity contribution in [3.63, 3.8) is 0 Å². The highest BCUT2D eigenvalue weighted by molar-refractivity contribution is 9.09. The molecule has 0 unspecified atom stereocenters. The molecule has 0 bridgehead atoms. The van der Waals surface area contributed by atoms with Crippen LogP contribution >= 0.6 is 27.7 Å². The monoisotopic (exact) mass is 277 g/mol. The molecular weight excluding hydrogens is 262 g/mol. The molecule has 0 fully saturated rings. The molecule has 1 rings (SSSR count). The minimum atomic E-state index is 0.374. The Balaban J connectivity index is 2.48. The Kier molecular flexibility index (Phi) is 5.02. The standard InChI is InChI=1S/C10H16BrNOS/c1-3-10(4-2,7-11)8-14-9-12-5-6-13-9/h5-6H,3-4,7-8H2,1-2H3. The van der Waals surface area contributed by atoms with E-state index in [1.54, 1.807) is 24.2 Å². The van der Waals surface area contributed by atoms with E-state index < -0.39 is 0 Å². The van der Waals surface area contributed by atoms with Gasteiger partial charge in [-0.2, -0.15) is 0 Å². The molecule has 14 heavy (non-hydrogen) atoms. The van der Waals surface area contributed by atoms with Gasteiger partial charge in [0, 0.05) is 11.1 Å². The second-order valence-electron chi connectivity index (χ2n) is 3.43. The van der Waals surface area contributed by atoms with Crippen LogP contribution in [0.3, 0.4) is 0 Å². The summed E-state index contributed by atoms with van der Waals surface area (Å²) in [4.78, 5) is 4.10. The lowest BCUT2D eigenvalue weighted by Crippen LogP contribution is -2.23. The largest absolute Gasteiger partial charge is 0.440 e. The van der Waals surface area contributed by atoms with Crippen LogP contribution in [0, 0.1) is 5.41 Å². The maximum atomic E-state index is 5.20. The molecule has 0 amide bonds. The predicted molar refractivity (Wildman–Crippen MR) is 64.0 cm³/mol. The van der Waals surface area contributed by atoms with Gasteiger partial charge in [0.15, 0.2) is 0 Å². The highest BCUT2D eigenvalue weighted by atomic mass is 79.9. The van der Waals surface area contributed by atoms with Crippen LogP contribution in [-0.2, 0) is 0 Å². The Hall–Kier alpha value is 0.0400. The summed E-state index contributed by atoms with van der Waals surface area (Å²) in [5.41, 5.74) is 0.374. The summed E-state index contributed by atoms with van der Waals surface area (Å²) in [5.74, 6) is 1.06. The molecule has 0 aliphatic heterocycles. The molecule has 0 atom stereocenters. The lowest BCUT2D eigenvalue weighted by Gasteiger charge is -2.28. The van der Waals surface area contributed by atoms with Crippen molar-refractivity contribution in [3.8, 4) is 0 Å². The van der Waals surface area contributed by atoms with E-state index in [0.717, 1.165) is 16.3 Å². The van der Waals surface area contributed by atoms with Gasteiger partial charge < -0.3 is 4.42 Å². The minimum absolute atomic E-state index is 0.374. The molecule has 0 saturated carbocycles. The zero-order valence-electron chi connectivity index (χ0n) is 8.62. The molecule has 2 nitrogen and oxygen atoms in total. The van der Waals surface area contributed by atoms with Crippen LogP contribution in [0.15, 0.2) is 22.1 Å². The summed E-state index contributed by atoms with van der Waals surface area (Å²) in [6.07, 6.45) is 5.68. The molecule has 4 heteroatoms. The molecule has 80 valence electrons. The van der Waals surface area contributed by atoms with Gasteiger partial charge >= 0.3 is 0 Å². The smallest absolute Gasteiger partial charge is 0.255 e. The summed E-state index contributed by atoms with van der Waals surface area (Å²) in [5, 5.41) is 1.82. The number of halogens is 1. The number of rotatable bonds is 6. The van der Waals surface area contributed by atoms with Gasteiger partial charge in [-0.1, -0.05) is 41.5 Å². The van der Waals surface area contributed by atoms with E-state index in [9.17, 15) is 0 Å². The third kappa shape index (κ3) is 3.02. The van der Waals surface area contributed by atoms with Crippen LogP contribution in [0.1, 0.15) is 26.7 Å². The Bertz CT molecular complexity index is 238. The average Bonchev–Trinajstić information content (AvgIpc) is 2.74. The van der Waals surface area contributed by atoms with Crippen molar-refractivity contribution in [2.24, 2.45) is 5.41 Å². The lowest BCUT2D eigenvalue weighted by atomic mass is 9.87. The van der Waals surface area contributed by atoms with Gasteiger partial charge in [0.25, 0.3) is 5.22 Å². The molecule has 1 heterocycles. The zero-order chi connectivity index (χ0) is 10.4. The summed E-state index contributed by atoms with van der Waals surface area (Å²) < 4.78 is 5.20. The van der Waals surface area contributed by atoms with Crippen LogP contribution in [0.4, 0.5) is 0 Å². The molecule has 0 spiro atoms. The van der Waals surface area contributed by atoms with Crippen LogP contribution in [0.25, 0.3) is 0 Å². The van der Waals surface area contributed by atoms with E-state index >= 15 is 0 Å². The van der Waals surface area contributed by atoms with Crippen LogP contribution in [0.5, 0.6) is 0 Å². The first-order valence-electron chi connectivity index (χ1n) is 4.84. The van der Waals surface area contributed by atoms with E-state index in [1.165, 1.54) is 12.8 Å². The number of hydrogen-bond donors (Lipinski definition) is 0. The van der Waals surface area contributed by atoms with E-state index in [1.807, 2.05) is 0 Å². The normalized spacial score (nSPS) is 11.9. The Morgan fingerprint density at radius 1 is 1.50 bits per heavy atom. The third-order valence-corrected chi connectivity index (χ3v) is 5.09. The Morgan fingerprint density at radius 2 is 2.21 bits per heavy atom. The van der Waals surface area contributed by atoms with Crippen molar-refractivity contribution in [1.82, 2.24) is 4.98 Å². The van der Waals surface area contributed by atoms with E-state index in [0.29, 0.717) is 5.41 Å². The van der Waals surface area contributed by atoms with Crippen molar-refractivity contribution in [1.29, 1.82) is 0 Å². The highest BCUT2D eigenvalue weighted by Crippen LogP contribution is 2.34. The van der Waals surface area contributed by atoms with Crippen LogP contribution in [0.2, 0.25) is 0 Å². The van der Waals surface area contributed by atoms with E-state index in [-0.39, 0.29) is 0 Å². The number of nitrogens with zero attached hydrogens (tertiary/aromatic N) is 1. The van der Waals surface area contributed by atoms with Gasteiger partial charge in [-0.25, -0.2) is 4.98 Å². The second kappa shape index (κ2) is 5.81. The van der Waals surface area contributed by atoms with Gasteiger partial charge in [0.2, 0.25) is 0 Å². The summed E-state index contributed by atoms with van der Waals surface area (Å²) in [7, 11) is 0. The minimum Gasteiger partial charge on any atom is -0.440 e. The fourth-order valence-corrected chi connectivity index (χ4v) is 3.63. The van der Waals surface area contributed by atoms with Crippen molar-refractivity contribution in [3.05, 3.63) is 12.5 Å². The quantitative estimate of drug-likeness (QED) is 0.581. The summed E-state index contributed by atoms with van der Waals surface area (Å²) in [6, 6.07) is 0. The Labute approximate surface area is 98.0 Å². The van der Waals surface area contributed by atoms with Gasteiger partial charge in [-0.15, -0.1) is 0 Å². The van der Waals surface area contributed by atoms with E-state index in [2.05, 4.69) is 34.8 Å². The summed E-state index contributed by atoms with van der Waals surface area (Å²) >= 11 is 5.29. The molecule has 0 aliphatic rings. The molecule has 0 radical (unpaired) electrons. The van der Waals surface area contributed by atoms with E-state index in [4.69, 9.17) is 4.42 Å². The molecule has 0 saturated heterocycles. The van der Waals surface area contributed by atoms with Crippen molar-refractivity contribution in [2.75, 3.05) is 11.1 Å². The fraction of sp³-hybridized carbons (Fsp3) is 0.700. The zero-order valence-corrected chi connectivity index (χ0v) is 11.0. The maximum absolute atomic E-state index is 5.20. The lowest BCUT2D eigenvalue weighted by molar-refractivity contribution is 0.356. The number of thioether (sulfide) groups is 1. The molecule has 1 aromatic rings. The average molecular weight is 278 g/mol. The molecular formula is C10H16BrNOS. The van der Waals surface area contributed by atoms with Crippen molar-refractivity contribution in [2.45, 2.75) is 31.9 Å². The number of hydrogen-bond acceptors (Lipinski definition) is 3. The third-order valence-electron chi connectivity index (χ3n) is 2.69. The van der Waals surface area contributed by atoms with Crippen LogP contribution < -0.4 is 0 Å². The first-order valence-corrected chi connectivity index (χ1v) is 6.95. The molecule has 0 aliphatic carbocycles. The molecule has 1 aromatic heterocycles. The maximum Gasteiger partial charge on any atom is 0.255 e. The molecule has 0 aromatic carbocycles. The van der Waals surface area contributed by atoms with Gasteiger partial charge in [-0.05, 0) is 18.3 Å². The topological polar surface area (TPSA) is 26.0 Å². The van der Waals surface area contributed by atoms with Gasteiger partial charge in [0.1, 0.15) is 6.26 Å². The number of aromatic nitrogens is 1. The Morgan fingerprint density at radius 3 is 2.64 bits per heavy atom. The fourth-order valence-electron chi connectivity index (χ4n) is 1.18. The van der Waals surface area contributed by atoms with Crippen molar-refractivity contribution >= 4 is 27.7 Å². The first kappa shape index (κ1) is 12.1. The van der Waals surface area contributed by atoms with Crippen LogP contribution in [-0.4, -0.2) is 16.1 Å².